The van der Waals surface area contributed by atoms with Crippen LogP contribution < -0.4 is 19.1 Å². The average Bonchev–Trinajstić information content (AvgIpc) is 2.72. The van der Waals surface area contributed by atoms with Gasteiger partial charge in [0.2, 0.25) is 15.9 Å². The van der Waals surface area contributed by atoms with Gasteiger partial charge in [-0.2, -0.15) is 0 Å². The van der Waals surface area contributed by atoms with Crippen molar-refractivity contribution in [3.63, 3.8) is 0 Å². The van der Waals surface area contributed by atoms with Crippen LogP contribution >= 0.6 is 0 Å². The molecule has 0 aliphatic heterocycles. The fraction of sp³-hybridized carbons (Fsp3) is 0.458. The number of nitrogens with one attached hydrogen (secondary N) is 1. The van der Waals surface area contributed by atoms with Crippen LogP contribution in [0.25, 0.3) is 0 Å². The van der Waals surface area contributed by atoms with Crippen LogP contribution in [0.3, 0.4) is 0 Å². The van der Waals surface area contributed by atoms with Gasteiger partial charge in [0.25, 0.3) is 0 Å². The van der Waals surface area contributed by atoms with Crippen molar-refractivity contribution in [3.8, 4) is 11.5 Å². The summed E-state index contributed by atoms with van der Waals surface area (Å²) >= 11 is 0. The molecule has 0 fully saturated rings. The highest BCUT2D eigenvalue weighted by Crippen LogP contribution is 2.32. The van der Waals surface area contributed by atoms with Gasteiger partial charge in [-0.25, -0.2) is 8.42 Å². The number of methoxy groups -OCH3 is 2. The lowest BCUT2D eigenvalue weighted by Crippen LogP contribution is -2.48. The van der Waals surface area contributed by atoms with Gasteiger partial charge in [0.1, 0.15) is 17.5 Å². The Labute approximate surface area is 191 Å². The van der Waals surface area contributed by atoms with Crippen LogP contribution in [-0.4, -0.2) is 40.8 Å². The minimum Gasteiger partial charge on any atom is -0.497 e. The van der Waals surface area contributed by atoms with E-state index in [9.17, 15) is 13.2 Å². The molecule has 0 heterocycles. The zero-order valence-corrected chi connectivity index (χ0v) is 20.9. The fourth-order valence-corrected chi connectivity index (χ4v) is 4.95. The van der Waals surface area contributed by atoms with E-state index in [0.29, 0.717) is 11.4 Å². The lowest BCUT2D eigenvalue weighted by Gasteiger charge is -2.30. The molecule has 2 aromatic rings. The number of aryl methyl sites for hydroxylation is 1. The SMILES string of the molecule is COc1cccc(N([C@H](C)C(=O)N[C@@H](C)c2cc(C(C)C)c(OC)cc2C)S(C)(=O)=O)c1. The molecule has 176 valence electrons. The highest BCUT2D eigenvalue weighted by molar-refractivity contribution is 7.92. The molecule has 0 spiro atoms. The van der Waals surface area contributed by atoms with E-state index < -0.39 is 22.0 Å². The normalized spacial score (nSPS) is 13.4. The van der Waals surface area contributed by atoms with E-state index in [1.54, 1.807) is 38.3 Å². The monoisotopic (exact) mass is 462 g/mol. The van der Waals surface area contributed by atoms with Crippen LogP contribution in [0.15, 0.2) is 36.4 Å². The summed E-state index contributed by atoms with van der Waals surface area (Å²) in [6, 6.07) is 9.38. The van der Waals surface area contributed by atoms with Crippen LogP contribution in [0, 0.1) is 6.92 Å². The van der Waals surface area contributed by atoms with Crippen molar-refractivity contribution < 1.29 is 22.7 Å². The Morgan fingerprint density at radius 1 is 1.00 bits per heavy atom. The van der Waals surface area contributed by atoms with Crippen molar-refractivity contribution in [2.24, 2.45) is 0 Å². The van der Waals surface area contributed by atoms with Gasteiger partial charge in [0.05, 0.1) is 32.2 Å². The number of hydrogen-bond donors (Lipinski definition) is 1. The Morgan fingerprint density at radius 2 is 1.66 bits per heavy atom. The Hall–Kier alpha value is -2.74. The minimum absolute atomic E-state index is 0.250. The topological polar surface area (TPSA) is 84.9 Å². The van der Waals surface area contributed by atoms with Crippen LogP contribution in [0.2, 0.25) is 0 Å². The number of benzene rings is 2. The highest BCUT2D eigenvalue weighted by Gasteiger charge is 2.30. The van der Waals surface area contributed by atoms with Crippen molar-refractivity contribution in [1.82, 2.24) is 5.32 Å². The molecule has 32 heavy (non-hydrogen) atoms. The second-order valence-electron chi connectivity index (χ2n) is 8.27. The van der Waals surface area contributed by atoms with Crippen molar-refractivity contribution in [2.45, 2.75) is 52.6 Å². The lowest BCUT2D eigenvalue weighted by molar-refractivity contribution is -0.122. The number of anilines is 1. The summed E-state index contributed by atoms with van der Waals surface area (Å²) in [4.78, 5) is 13.1. The average molecular weight is 463 g/mol. The first-order valence-corrected chi connectivity index (χ1v) is 12.4. The molecule has 8 heteroatoms. The number of ether oxygens (including phenoxy) is 2. The van der Waals surface area contributed by atoms with Gasteiger partial charge in [-0.15, -0.1) is 0 Å². The third kappa shape index (κ3) is 5.73. The summed E-state index contributed by atoms with van der Waals surface area (Å²) in [6.45, 7) is 9.59. The summed E-state index contributed by atoms with van der Waals surface area (Å²) in [5.74, 6) is 1.17. The molecule has 0 unspecified atom stereocenters. The fourth-order valence-electron chi connectivity index (χ4n) is 3.78. The van der Waals surface area contributed by atoms with Crippen LogP contribution in [0.1, 0.15) is 56.3 Å². The second kappa shape index (κ2) is 10.3. The quantitative estimate of drug-likeness (QED) is 0.605. The number of carbonyl (C=O) groups excluding carboxylic acids is 1. The summed E-state index contributed by atoms with van der Waals surface area (Å²) < 4.78 is 37.0. The zero-order valence-electron chi connectivity index (χ0n) is 20.1. The predicted octanol–water partition coefficient (Wildman–Crippen LogP) is 4.17. The van der Waals surface area contributed by atoms with Crippen molar-refractivity contribution in [3.05, 3.63) is 53.1 Å². The highest BCUT2D eigenvalue weighted by atomic mass is 32.2. The number of carbonyl (C=O) groups is 1. The number of nitrogens with zero attached hydrogens (tertiary/aromatic N) is 1. The number of rotatable bonds is 9. The zero-order chi connectivity index (χ0) is 24.2. The first kappa shape index (κ1) is 25.5. The predicted molar refractivity (Wildman–Crippen MR) is 128 cm³/mol. The first-order chi connectivity index (χ1) is 14.9. The van der Waals surface area contributed by atoms with Crippen LogP contribution in [0.4, 0.5) is 5.69 Å². The Bertz CT molecular complexity index is 1070. The third-order valence-electron chi connectivity index (χ3n) is 5.46. The largest absolute Gasteiger partial charge is 0.497 e. The number of amides is 1. The number of hydrogen-bond acceptors (Lipinski definition) is 5. The van der Waals surface area contributed by atoms with Crippen molar-refractivity contribution >= 4 is 21.6 Å². The van der Waals surface area contributed by atoms with Crippen LogP contribution in [-0.2, 0) is 14.8 Å². The van der Waals surface area contributed by atoms with Gasteiger partial charge < -0.3 is 14.8 Å². The molecule has 0 aliphatic carbocycles. The maximum Gasteiger partial charge on any atom is 0.244 e. The Morgan fingerprint density at radius 3 is 2.19 bits per heavy atom. The summed E-state index contributed by atoms with van der Waals surface area (Å²) in [6.07, 6.45) is 1.09. The van der Waals surface area contributed by atoms with Crippen molar-refractivity contribution in [2.75, 3.05) is 24.8 Å². The maximum absolute atomic E-state index is 13.1. The van der Waals surface area contributed by atoms with Crippen molar-refractivity contribution in [1.29, 1.82) is 0 Å². The molecule has 2 rings (SSSR count). The smallest absolute Gasteiger partial charge is 0.244 e. The van der Waals surface area contributed by atoms with E-state index in [1.165, 1.54) is 7.11 Å². The van der Waals surface area contributed by atoms with Gasteiger partial charge in [-0.3, -0.25) is 9.10 Å². The molecule has 0 bridgehead atoms. The first-order valence-electron chi connectivity index (χ1n) is 10.5. The van der Waals surface area contributed by atoms with Gasteiger partial charge in [0, 0.05) is 6.07 Å². The molecule has 1 amide bonds. The van der Waals surface area contributed by atoms with Crippen LogP contribution in [0.5, 0.6) is 11.5 Å². The Kier molecular flexibility index (Phi) is 8.18. The standard InChI is InChI=1S/C24H34N2O5S/c1-15(2)21-14-22(16(3)12-23(21)31-7)17(4)25-24(27)18(5)26(32(8,28)29)19-10-9-11-20(13-19)30-6/h9-15,17-18H,1-8H3,(H,25,27)/t17-,18+/m0/s1. The summed E-state index contributed by atoms with van der Waals surface area (Å²) in [5.41, 5.74) is 3.36. The molecule has 1 N–H and O–H groups in total. The second-order valence-corrected chi connectivity index (χ2v) is 10.1. The molecule has 0 aliphatic rings. The van der Waals surface area contributed by atoms with E-state index in [-0.39, 0.29) is 12.0 Å². The van der Waals surface area contributed by atoms with Gasteiger partial charge in [-0.05, 0) is 67.6 Å². The van der Waals surface area contributed by atoms with E-state index in [0.717, 1.165) is 33.0 Å². The third-order valence-corrected chi connectivity index (χ3v) is 6.70. The lowest BCUT2D eigenvalue weighted by atomic mass is 9.93. The van der Waals surface area contributed by atoms with E-state index >= 15 is 0 Å². The molecule has 0 saturated heterocycles. The summed E-state index contributed by atoms with van der Waals surface area (Å²) in [5, 5.41) is 2.97. The molecule has 7 nitrogen and oxygen atoms in total. The van der Waals surface area contributed by atoms with E-state index in [2.05, 4.69) is 19.2 Å². The molecule has 0 saturated carbocycles. The maximum atomic E-state index is 13.1. The molecule has 0 aromatic heterocycles. The number of sulfonamides is 1. The van der Waals surface area contributed by atoms with E-state index in [4.69, 9.17) is 9.47 Å². The van der Waals surface area contributed by atoms with Gasteiger partial charge >= 0.3 is 0 Å². The molecule has 2 atom stereocenters. The Balaban J connectivity index is 2.34. The van der Waals surface area contributed by atoms with Gasteiger partial charge in [-0.1, -0.05) is 19.9 Å². The molecular weight excluding hydrogens is 428 g/mol. The molecule has 2 aromatic carbocycles. The van der Waals surface area contributed by atoms with E-state index in [1.807, 2.05) is 26.0 Å². The van der Waals surface area contributed by atoms with Gasteiger partial charge in [0.15, 0.2) is 0 Å². The minimum atomic E-state index is -3.72. The molecule has 0 radical (unpaired) electrons. The molecular formula is C24H34N2O5S. The summed E-state index contributed by atoms with van der Waals surface area (Å²) in [7, 11) is -0.574.